The molecule has 5 nitrogen and oxygen atoms in total. The zero-order valence-corrected chi connectivity index (χ0v) is 16.5. The second-order valence-electron chi connectivity index (χ2n) is 7.80. The molecule has 5 heteroatoms. The number of nitrogens with zero attached hydrogens (tertiary/aromatic N) is 2. The number of pyridine rings is 1. The van der Waals surface area contributed by atoms with Gasteiger partial charge in [-0.1, -0.05) is 31.2 Å². The van der Waals surface area contributed by atoms with Crippen molar-refractivity contribution in [1.82, 2.24) is 15.2 Å². The second kappa shape index (κ2) is 9.00. The lowest BCUT2D eigenvalue weighted by Gasteiger charge is -2.30. The Morgan fingerprint density at radius 2 is 1.96 bits per heavy atom. The van der Waals surface area contributed by atoms with Crippen molar-refractivity contribution in [2.45, 2.75) is 39.8 Å². The van der Waals surface area contributed by atoms with Gasteiger partial charge in [0.25, 0.3) is 5.91 Å². The molecule has 0 radical (unpaired) electrons. The Balaban J connectivity index is 1.48. The summed E-state index contributed by atoms with van der Waals surface area (Å²) in [4.78, 5) is 19.2. The number of fused-ring (bicyclic) bond motifs is 1. The normalized spacial score (nSPS) is 15.3. The smallest absolute Gasteiger partial charge is 0.251 e. The molecule has 0 saturated heterocycles. The molecule has 0 bridgehead atoms. The molecule has 3 rings (SSSR count). The van der Waals surface area contributed by atoms with Crippen LogP contribution in [0.5, 0.6) is 0 Å². The van der Waals surface area contributed by atoms with E-state index in [1.807, 2.05) is 6.07 Å². The van der Waals surface area contributed by atoms with Gasteiger partial charge in [-0.05, 0) is 49.4 Å². The van der Waals surface area contributed by atoms with Crippen LogP contribution >= 0.6 is 0 Å². The molecule has 1 unspecified atom stereocenters. The first kappa shape index (κ1) is 19.4. The van der Waals surface area contributed by atoms with E-state index < -0.39 is 0 Å². The summed E-state index contributed by atoms with van der Waals surface area (Å²) in [5.74, 6) is 1.09. The van der Waals surface area contributed by atoms with E-state index >= 15 is 0 Å². The van der Waals surface area contributed by atoms with Gasteiger partial charge >= 0.3 is 0 Å². The van der Waals surface area contributed by atoms with Crippen LogP contribution in [0.3, 0.4) is 0 Å². The van der Waals surface area contributed by atoms with Gasteiger partial charge in [0.05, 0.1) is 0 Å². The van der Waals surface area contributed by atoms with Crippen molar-refractivity contribution in [1.29, 1.82) is 0 Å². The number of carbonyl (C=O) groups excluding carboxylic acids is 1. The van der Waals surface area contributed by atoms with E-state index in [1.165, 1.54) is 11.1 Å². The molecule has 1 atom stereocenters. The van der Waals surface area contributed by atoms with Crippen molar-refractivity contribution in [2.75, 3.05) is 25.0 Å². The van der Waals surface area contributed by atoms with Crippen LogP contribution < -0.4 is 10.6 Å². The minimum absolute atomic E-state index is 0.0416. The molecule has 1 aliphatic rings. The highest BCUT2D eigenvalue weighted by atomic mass is 16.1. The molecule has 2 heterocycles. The van der Waals surface area contributed by atoms with Crippen LogP contribution in [0, 0.1) is 5.92 Å². The van der Waals surface area contributed by atoms with E-state index in [9.17, 15) is 4.79 Å². The molecule has 2 N–H and O–H groups in total. The highest BCUT2D eigenvalue weighted by molar-refractivity contribution is 5.94. The molecule has 2 aromatic rings. The second-order valence-corrected chi connectivity index (χ2v) is 7.80. The van der Waals surface area contributed by atoms with Gasteiger partial charge in [0.2, 0.25) is 0 Å². The van der Waals surface area contributed by atoms with E-state index in [4.69, 9.17) is 0 Å². The van der Waals surface area contributed by atoms with Crippen molar-refractivity contribution in [2.24, 2.45) is 5.92 Å². The SMILES string of the molecule is CC(CNC(=O)c1ccnc(NC(C)C)c1)CN1CCc2ccccc2C1. The van der Waals surface area contributed by atoms with E-state index in [-0.39, 0.29) is 11.9 Å². The summed E-state index contributed by atoms with van der Waals surface area (Å²) < 4.78 is 0. The topological polar surface area (TPSA) is 57.3 Å². The first-order valence-electron chi connectivity index (χ1n) is 9.81. The van der Waals surface area contributed by atoms with Crippen LogP contribution in [-0.4, -0.2) is 41.5 Å². The highest BCUT2D eigenvalue weighted by Crippen LogP contribution is 2.19. The maximum Gasteiger partial charge on any atom is 0.251 e. The standard InChI is InChI=1S/C22H30N4O/c1-16(2)25-21-12-19(8-10-23-21)22(27)24-13-17(3)14-26-11-9-18-6-4-5-7-20(18)15-26/h4-8,10,12,16-17H,9,11,13-15H2,1-3H3,(H,23,25)(H,24,27). The van der Waals surface area contributed by atoms with Gasteiger partial charge in [-0.15, -0.1) is 0 Å². The Kier molecular flexibility index (Phi) is 6.45. The molecule has 0 spiro atoms. The first-order chi connectivity index (χ1) is 13.0. The average Bonchev–Trinajstić information content (AvgIpc) is 2.65. The van der Waals surface area contributed by atoms with Gasteiger partial charge in [-0.2, -0.15) is 0 Å². The Hall–Kier alpha value is -2.40. The lowest BCUT2D eigenvalue weighted by atomic mass is 9.99. The lowest BCUT2D eigenvalue weighted by Crippen LogP contribution is -2.38. The summed E-state index contributed by atoms with van der Waals surface area (Å²) in [5.41, 5.74) is 3.55. The molecule has 27 heavy (non-hydrogen) atoms. The van der Waals surface area contributed by atoms with Crippen LogP contribution in [-0.2, 0) is 13.0 Å². The molecule has 1 aromatic carbocycles. The number of nitrogens with one attached hydrogen (secondary N) is 2. The van der Waals surface area contributed by atoms with Gasteiger partial charge in [0.15, 0.2) is 0 Å². The Morgan fingerprint density at radius 3 is 2.74 bits per heavy atom. The van der Waals surface area contributed by atoms with E-state index in [0.717, 1.165) is 31.9 Å². The van der Waals surface area contributed by atoms with Gasteiger partial charge in [0, 0.05) is 44.0 Å². The van der Waals surface area contributed by atoms with Gasteiger partial charge in [-0.3, -0.25) is 9.69 Å². The maximum atomic E-state index is 12.5. The highest BCUT2D eigenvalue weighted by Gasteiger charge is 2.18. The third kappa shape index (κ3) is 5.54. The third-order valence-corrected chi connectivity index (χ3v) is 4.85. The largest absolute Gasteiger partial charge is 0.368 e. The minimum atomic E-state index is -0.0416. The molecule has 0 saturated carbocycles. The zero-order chi connectivity index (χ0) is 19.2. The molecular weight excluding hydrogens is 336 g/mol. The Labute approximate surface area is 162 Å². The quantitative estimate of drug-likeness (QED) is 0.789. The summed E-state index contributed by atoms with van der Waals surface area (Å²) in [6.07, 6.45) is 2.78. The van der Waals surface area contributed by atoms with Crippen molar-refractivity contribution in [3.63, 3.8) is 0 Å². The summed E-state index contributed by atoms with van der Waals surface area (Å²) in [7, 11) is 0. The summed E-state index contributed by atoms with van der Waals surface area (Å²) in [5, 5.41) is 6.30. The number of hydrogen-bond acceptors (Lipinski definition) is 4. The van der Waals surface area contributed by atoms with E-state index in [1.54, 1.807) is 12.3 Å². The number of rotatable bonds is 7. The van der Waals surface area contributed by atoms with Crippen molar-refractivity contribution < 1.29 is 4.79 Å². The summed E-state index contributed by atoms with van der Waals surface area (Å²) in [6.45, 7) is 10.0. The fourth-order valence-corrected chi connectivity index (χ4v) is 3.53. The number of hydrogen-bond donors (Lipinski definition) is 2. The molecule has 1 aromatic heterocycles. The van der Waals surface area contributed by atoms with Gasteiger partial charge < -0.3 is 10.6 Å². The summed E-state index contributed by atoms with van der Waals surface area (Å²) >= 11 is 0. The average molecular weight is 367 g/mol. The zero-order valence-electron chi connectivity index (χ0n) is 16.5. The predicted molar refractivity (Wildman–Crippen MR) is 110 cm³/mol. The number of anilines is 1. The van der Waals surface area contributed by atoms with Crippen LogP contribution in [0.15, 0.2) is 42.6 Å². The Bertz CT molecular complexity index is 774. The van der Waals surface area contributed by atoms with Crippen LogP contribution in [0.1, 0.15) is 42.3 Å². The van der Waals surface area contributed by atoms with Crippen LogP contribution in [0.2, 0.25) is 0 Å². The van der Waals surface area contributed by atoms with Crippen molar-refractivity contribution in [3.05, 3.63) is 59.3 Å². The number of benzene rings is 1. The fraction of sp³-hybridized carbons (Fsp3) is 0.455. The summed E-state index contributed by atoms with van der Waals surface area (Å²) in [6, 6.07) is 12.5. The van der Waals surface area contributed by atoms with Crippen molar-refractivity contribution in [3.8, 4) is 0 Å². The Morgan fingerprint density at radius 1 is 1.19 bits per heavy atom. The fourth-order valence-electron chi connectivity index (χ4n) is 3.53. The van der Waals surface area contributed by atoms with Crippen LogP contribution in [0.4, 0.5) is 5.82 Å². The molecule has 0 aliphatic carbocycles. The number of amides is 1. The van der Waals surface area contributed by atoms with Gasteiger partial charge in [0.1, 0.15) is 5.82 Å². The van der Waals surface area contributed by atoms with Crippen molar-refractivity contribution >= 4 is 11.7 Å². The maximum absolute atomic E-state index is 12.5. The molecule has 0 fully saturated rings. The molecule has 1 amide bonds. The number of carbonyl (C=O) groups is 1. The van der Waals surface area contributed by atoms with E-state index in [0.29, 0.717) is 18.0 Å². The monoisotopic (exact) mass is 366 g/mol. The number of aromatic nitrogens is 1. The van der Waals surface area contributed by atoms with E-state index in [2.05, 4.69) is 65.6 Å². The van der Waals surface area contributed by atoms with Crippen LogP contribution in [0.25, 0.3) is 0 Å². The third-order valence-electron chi connectivity index (χ3n) is 4.85. The lowest BCUT2D eigenvalue weighted by molar-refractivity contribution is 0.0943. The van der Waals surface area contributed by atoms with Gasteiger partial charge in [-0.25, -0.2) is 4.98 Å². The molecule has 144 valence electrons. The minimum Gasteiger partial charge on any atom is -0.368 e. The first-order valence-corrected chi connectivity index (χ1v) is 9.81. The predicted octanol–water partition coefficient (Wildman–Crippen LogP) is 3.33. The molecular formula is C22H30N4O. The molecule has 1 aliphatic heterocycles.